The SMILES string of the molecule is CC(C)O[C@@H]1O[C@H](CO)[C@@H](O)[C@H](O)[C@H]1O[C@@H]1OC[C@](O)(COC(=O)c2ccc(O)cc2)[C@H]1O. The Morgan fingerprint density at radius 1 is 1.15 bits per heavy atom. The van der Waals surface area contributed by atoms with Crippen LogP contribution in [0.25, 0.3) is 0 Å². The average Bonchev–Trinajstić information content (AvgIpc) is 3.06. The Balaban J connectivity index is 1.64. The van der Waals surface area contributed by atoms with Gasteiger partial charge in [-0.25, -0.2) is 4.79 Å². The molecule has 2 aliphatic rings. The van der Waals surface area contributed by atoms with Crippen LogP contribution in [0.2, 0.25) is 0 Å². The van der Waals surface area contributed by atoms with Gasteiger partial charge in [-0.1, -0.05) is 0 Å². The van der Waals surface area contributed by atoms with Crippen LogP contribution in [0, 0.1) is 0 Å². The quantitative estimate of drug-likeness (QED) is 0.234. The lowest BCUT2D eigenvalue weighted by molar-refractivity contribution is -0.341. The molecule has 33 heavy (non-hydrogen) atoms. The Bertz CT molecular complexity index is 786. The maximum Gasteiger partial charge on any atom is 0.338 e. The zero-order chi connectivity index (χ0) is 24.3. The fourth-order valence-corrected chi connectivity index (χ4v) is 3.50. The van der Waals surface area contributed by atoms with Crippen molar-refractivity contribution in [2.24, 2.45) is 0 Å². The molecule has 0 unspecified atom stereocenters. The zero-order valence-corrected chi connectivity index (χ0v) is 18.2. The highest BCUT2D eigenvalue weighted by Crippen LogP contribution is 2.32. The lowest BCUT2D eigenvalue weighted by atomic mass is 9.98. The van der Waals surface area contributed by atoms with Gasteiger partial charge in [-0.3, -0.25) is 0 Å². The van der Waals surface area contributed by atoms with Crippen molar-refractivity contribution < 1.29 is 59.1 Å². The number of phenolic OH excluding ortho intramolecular Hbond substituents is 1. The number of aromatic hydroxyl groups is 1. The summed E-state index contributed by atoms with van der Waals surface area (Å²) in [5, 5.41) is 60.6. The summed E-state index contributed by atoms with van der Waals surface area (Å²) in [6.45, 7) is 1.75. The predicted octanol–water partition coefficient (Wildman–Crippen LogP) is -1.75. The van der Waals surface area contributed by atoms with E-state index in [1.807, 2.05) is 0 Å². The van der Waals surface area contributed by atoms with Crippen molar-refractivity contribution in [1.82, 2.24) is 0 Å². The molecule has 3 rings (SSSR count). The molecule has 2 aliphatic heterocycles. The van der Waals surface area contributed by atoms with E-state index in [4.69, 9.17) is 23.7 Å². The maximum atomic E-state index is 12.2. The first-order valence-electron chi connectivity index (χ1n) is 10.5. The van der Waals surface area contributed by atoms with Gasteiger partial charge in [0.1, 0.15) is 42.9 Å². The predicted molar refractivity (Wildman–Crippen MR) is 108 cm³/mol. The molecular weight excluding hydrogens is 444 g/mol. The number of carbonyl (C=O) groups excluding carboxylic acids is 1. The van der Waals surface area contributed by atoms with Gasteiger partial charge in [0.05, 0.1) is 24.9 Å². The standard InChI is InChI=1S/C21H30O12/c1-10(2)31-19-16(15(25)14(24)13(7-22)32-19)33-20-17(26)21(28,9-30-20)8-29-18(27)11-3-5-12(23)6-4-11/h3-6,10,13-17,19-20,22-26,28H,7-9H2,1-2H3/t13-,14-,15+,16-,17+,19-,20+,21-/m1/s1. The van der Waals surface area contributed by atoms with Gasteiger partial charge in [0.2, 0.25) is 0 Å². The monoisotopic (exact) mass is 474 g/mol. The first kappa shape index (κ1) is 25.7. The van der Waals surface area contributed by atoms with Crippen LogP contribution >= 0.6 is 0 Å². The van der Waals surface area contributed by atoms with Gasteiger partial charge in [0, 0.05) is 0 Å². The van der Waals surface area contributed by atoms with E-state index in [1.165, 1.54) is 24.3 Å². The molecule has 2 fully saturated rings. The number of hydrogen-bond acceptors (Lipinski definition) is 12. The molecule has 12 heteroatoms. The molecule has 0 bridgehead atoms. The molecule has 12 nitrogen and oxygen atoms in total. The summed E-state index contributed by atoms with van der Waals surface area (Å²) in [6.07, 6.45) is -10.2. The van der Waals surface area contributed by atoms with E-state index in [9.17, 15) is 35.4 Å². The fourth-order valence-electron chi connectivity index (χ4n) is 3.50. The summed E-state index contributed by atoms with van der Waals surface area (Å²) >= 11 is 0. The van der Waals surface area contributed by atoms with Crippen molar-refractivity contribution in [1.29, 1.82) is 0 Å². The number of carbonyl (C=O) groups is 1. The molecule has 0 aromatic heterocycles. The van der Waals surface area contributed by atoms with E-state index in [0.29, 0.717) is 0 Å². The van der Waals surface area contributed by atoms with Crippen molar-refractivity contribution in [2.75, 3.05) is 19.8 Å². The topological polar surface area (TPSA) is 185 Å². The third kappa shape index (κ3) is 5.80. The minimum absolute atomic E-state index is 0.0335. The molecule has 0 amide bonds. The minimum Gasteiger partial charge on any atom is -0.508 e. The van der Waals surface area contributed by atoms with E-state index in [1.54, 1.807) is 13.8 Å². The molecule has 0 saturated carbocycles. The van der Waals surface area contributed by atoms with Crippen molar-refractivity contribution in [2.45, 2.75) is 68.7 Å². The molecule has 8 atom stereocenters. The normalized spacial score (nSPS) is 36.8. The highest BCUT2D eigenvalue weighted by atomic mass is 16.8. The van der Waals surface area contributed by atoms with E-state index in [2.05, 4.69) is 0 Å². The Hall–Kier alpha value is -1.87. The summed E-state index contributed by atoms with van der Waals surface area (Å²) in [7, 11) is 0. The number of esters is 1. The number of benzene rings is 1. The number of phenols is 1. The van der Waals surface area contributed by atoms with Gasteiger partial charge >= 0.3 is 5.97 Å². The van der Waals surface area contributed by atoms with Gasteiger partial charge in [-0.15, -0.1) is 0 Å². The fraction of sp³-hybridized carbons (Fsp3) is 0.667. The second-order valence-corrected chi connectivity index (χ2v) is 8.34. The third-order valence-electron chi connectivity index (χ3n) is 5.38. The van der Waals surface area contributed by atoms with Gasteiger partial charge in [0.15, 0.2) is 18.2 Å². The highest BCUT2D eigenvalue weighted by molar-refractivity contribution is 5.89. The molecule has 0 radical (unpaired) electrons. The Morgan fingerprint density at radius 3 is 2.42 bits per heavy atom. The molecule has 0 spiro atoms. The van der Waals surface area contributed by atoms with Crippen molar-refractivity contribution in [3.05, 3.63) is 29.8 Å². The molecule has 6 N–H and O–H groups in total. The number of ether oxygens (including phenoxy) is 5. The molecule has 1 aromatic carbocycles. The number of aliphatic hydroxyl groups is 5. The van der Waals surface area contributed by atoms with Crippen molar-refractivity contribution >= 4 is 5.97 Å². The smallest absolute Gasteiger partial charge is 0.338 e. The minimum atomic E-state index is -2.02. The van der Waals surface area contributed by atoms with Crippen molar-refractivity contribution in [3.8, 4) is 5.75 Å². The lowest BCUT2D eigenvalue weighted by Crippen LogP contribution is -2.61. The second kappa shape index (κ2) is 10.6. The first-order chi connectivity index (χ1) is 15.6. The van der Waals surface area contributed by atoms with Crippen LogP contribution in [0.5, 0.6) is 5.75 Å². The van der Waals surface area contributed by atoms with Crippen LogP contribution in [0.3, 0.4) is 0 Å². The number of aliphatic hydroxyl groups excluding tert-OH is 4. The molecule has 2 saturated heterocycles. The first-order valence-corrected chi connectivity index (χ1v) is 10.5. The average molecular weight is 474 g/mol. The molecular formula is C21H30O12. The van der Waals surface area contributed by atoms with E-state index >= 15 is 0 Å². The van der Waals surface area contributed by atoms with Crippen LogP contribution < -0.4 is 0 Å². The molecule has 186 valence electrons. The van der Waals surface area contributed by atoms with E-state index in [0.717, 1.165) is 0 Å². The Labute approximate surface area is 189 Å². The summed E-state index contributed by atoms with van der Waals surface area (Å²) in [5.41, 5.74) is -1.89. The molecule has 1 aromatic rings. The van der Waals surface area contributed by atoms with E-state index in [-0.39, 0.29) is 17.4 Å². The Morgan fingerprint density at radius 2 is 1.82 bits per heavy atom. The van der Waals surface area contributed by atoms with Gasteiger partial charge in [-0.2, -0.15) is 0 Å². The van der Waals surface area contributed by atoms with Crippen LogP contribution in [0.4, 0.5) is 0 Å². The Kier molecular flexibility index (Phi) is 8.26. The summed E-state index contributed by atoms with van der Waals surface area (Å²) < 4.78 is 27.1. The van der Waals surface area contributed by atoms with Gasteiger partial charge in [0.25, 0.3) is 0 Å². The molecule has 2 heterocycles. The number of hydrogen-bond donors (Lipinski definition) is 6. The third-order valence-corrected chi connectivity index (χ3v) is 5.38. The summed E-state index contributed by atoms with van der Waals surface area (Å²) in [6, 6.07) is 5.26. The maximum absolute atomic E-state index is 12.2. The van der Waals surface area contributed by atoms with Gasteiger partial charge in [-0.05, 0) is 38.1 Å². The van der Waals surface area contributed by atoms with Crippen LogP contribution in [0.15, 0.2) is 24.3 Å². The molecule has 0 aliphatic carbocycles. The van der Waals surface area contributed by atoms with Crippen LogP contribution in [-0.2, 0) is 23.7 Å². The summed E-state index contributed by atoms with van der Waals surface area (Å²) in [5.74, 6) is -0.825. The lowest BCUT2D eigenvalue weighted by Gasteiger charge is -2.43. The zero-order valence-electron chi connectivity index (χ0n) is 18.2. The van der Waals surface area contributed by atoms with E-state index < -0.39 is 74.5 Å². The van der Waals surface area contributed by atoms with Gasteiger partial charge < -0.3 is 54.3 Å². The van der Waals surface area contributed by atoms with Crippen LogP contribution in [-0.4, -0.2) is 111 Å². The highest BCUT2D eigenvalue weighted by Gasteiger charge is 2.54. The summed E-state index contributed by atoms with van der Waals surface area (Å²) in [4.78, 5) is 12.2. The van der Waals surface area contributed by atoms with Crippen molar-refractivity contribution in [3.63, 3.8) is 0 Å². The second-order valence-electron chi connectivity index (χ2n) is 8.34. The number of rotatable bonds is 8. The largest absolute Gasteiger partial charge is 0.508 e. The van der Waals surface area contributed by atoms with Crippen LogP contribution in [0.1, 0.15) is 24.2 Å².